The van der Waals surface area contributed by atoms with Crippen LogP contribution in [0.25, 0.3) is 0 Å². The number of hydrazine groups is 1. The minimum atomic E-state index is -4.52. The Labute approximate surface area is 218 Å². The number of thiocarbonyl (C=S) groups is 1. The molecule has 1 aliphatic heterocycles. The second-order valence-electron chi connectivity index (χ2n) is 9.30. The molecule has 0 bridgehead atoms. The molecule has 0 saturated carbocycles. The lowest BCUT2D eigenvalue weighted by molar-refractivity contribution is -0.137. The van der Waals surface area contributed by atoms with Crippen molar-refractivity contribution in [1.82, 2.24) is 15.2 Å². The molecule has 1 heterocycles. The Bertz CT molecular complexity index is 801. The van der Waals surface area contributed by atoms with E-state index in [1.165, 1.54) is 59.2 Å². The Morgan fingerprint density at radius 2 is 1.66 bits per heavy atom. The molecule has 0 amide bonds. The molecule has 0 aliphatic carbocycles. The van der Waals surface area contributed by atoms with E-state index >= 15 is 0 Å². The molecule has 2 unspecified atom stereocenters. The molecule has 1 aliphatic rings. The predicted molar refractivity (Wildman–Crippen MR) is 142 cm³/mol. The molecular weight excluding hydrogens is 495 g/mol. The number of unbranched alkanes of at least 4 members (excludes halogenated alkanes) is 6. The van der Waals surface area contributed by atoms with Crippen molar-refractivity contribution in [3.05, 3.63) is 23.3 Å². The van der Waals surface area contributed by atoms with Gasteiger partial charge >= 0.3 is 6.18 Å². The van der Waals surface area contributed by atoms with Crippen LogP contribution in [-0.2, 0) is 6.18 Å². The summed E-state index contributed by atoms with van der Waals surface area (Å²) in [6, 6.07) is 1.89. The van der Waals surface area contributed by atoms with E-state index in [2.05, 4.69) is 31.5 Å². The minimum absolute atomic E-state index is 0.0141. The average molecular weight is 536 g/mol. The summed E-state index contributed by atoms with van der Waals surface area (Å²) in [4.78, 5) is 0.243. The molecule has 1 aromatic carbocycles. The van der Waals surface area contributed by atoms with Crippen molar-refractivity contribution in [3.8, 4) is 11.5 Å². The maximum Gasteiger partial charge on any atom is 0.416 e. The molecule has 0 radical (unpaired) electrons. The van der Waals surface area contributed by atoms with Crippen LogP contribution in [0, 0.1) is 5.41 Å². The summed E-state index contributed by atoms with van der Waals surface area (Å²) in [5.41, 5.74) is 2.72. The highest BCUT2D eigenvalue weighted by molar-refractivity contribution is 7.97. The largest absolute Gasteiger partial charge is 0.496 e. The highest BCUT2D eigenvalue weighted by Crippen LogP contribution is 2.42. The van der Waals surface area contributed by atoms with Gasteiger partial charge in [0.05, 0.1) is 37.4 Å². The Balaban J connectivity index is 2.00. The lowest BCUT2D eigenvalue weighted by Crippen LogP contribution is -2.38. The van der Waals surface area contributed by atoms with Crippen LogP contribution in [0.2, 0.25) is 0 Å². The van der Waals surface area contributed by atoms with Gasteiger partial charge in [0.2, 0.25) is 0 Å². The van der Waals surface area contributed by atoms with Gasteiger partial charge in [-0.05, 0) is 42.3 Å². The first-order chi connectivity index (χ1) is 16.6. The third-order valence-corrected chi connectivity index (χ3v) is 8.45. The summed E-state index contributed by atoms with van der Waals surface area (Å²) >= 11 is 7.19. The van der Waals surface area contributed by atoms with Gasteiger partial charge in [-0.2, -0.15) is 17.6 Å². The number of hydrogen-bond acceptors (Lipinski definition) is 6. The van der Waals surface area contributed by atoms with E-state index in [-0.39, 0.29) is 27.3 Å². The zero-order valence-corrected chi connectivity index (χ0v) is 23.2. The van der Waals surface area contributed by atoms with Crippen LogP contribution in [0.15, 0.2) is 12.1 Å². The normalized spacial score (nSPS) is 18.3. The van der Waals surface area contributed by atoms with Crippen LogP contribution in [0.5, 0.6) is 11.5 Å². The van der Waals surface area contributed by atoms with Crippen molar-refractivity contribution in [1.29, 1.82) is 0 Å². The lowest BCUT2D eigenvalue weighted by atomic mass is 9.81. The van der Waals surface area contributed by atoms with Crippen LogP contribution in [0.4, 0.5) is 13.2 Å². The lowest BCUT2D eigenvalue weighted by Gasteiger charge is -2.34. The fourth-order valence-corrected chi connectivity index (χ4v) is 5.86. The van der Waals surface area contributed by atoms with Crippen LogP contribution < -0.4 is 20.2 Å². The van der Waals surface area contributed by atoms with E-state index < -0.39 is 11.7 Å². The summed E-state index contributed by atoms with van der Waals surface area (Å²) in [6.45, 7) is 7.33. The molecule has 2 N–H and O–H groups in total. The quantitative estimate of drug-likeness (QED) is 0.147. The monoisotopic (exact) mass is 535 g/mol. The van der Waals surface area contributed by atoms with Crippen molar-refractivity contribution >= 4 is 29.2 Å². The first kappa shape index (κ1) is 30.0. The average Bonchev–Trinajstić information content (AvgIpc) is 3.30. The molecule has 1 fully saturated rings. The summed E-state index contributed by atoms with van der Waals surface area (Å²) < 4.78 is 52.2. The molecule has 2 rings (SSSR count). The summed E-state index contributed by atoms with van der Waals surface area (Å²) in [6.07, 6.45) is 6.68. The van der Waals surface area contributed by atoms with Crippen molar-refractivity contribution in [3.63, 3.8) is 0 Å². The third kappa shape index (κ3) is 8.40. The van der Waals surface area contributed by atoms with E-state index in [4.69, 9.17) is 21.7 Å². The molecule has 10 heteroatoms. The second-order valence-corrected chi connectivity index (χ2v) is 10.8. The smallest absolute Gasteiger partial charge is 0.416 e. The Morgan fingerprint density at radius 1 is 1.09 bits per heavy atom. The summed E-state index contributed by atoms with van der Waals surface area (Å²) in [5.74, 6) is 0.0282. The van der Waals surface area contributed by atoms with E-state index in [1.54, 1.807) is 11.9 Å². The minimum Gasteiger partial charge on any atom is -0.496 e. The van der Waals surface area contributed by atoms with E-state index in [1.807, 2.05) is 4.41 Å². The van der Waals surface area contributed by atoms with Gasteiger partial charge in [-0.3, -0.25) is 10.7 Å². The van der Waals surface area contributed by atoms with Crippen molar-refractivity contribution in [2.24, 2.45) is 5.41 Å². The zero-order valence-electron chi connectivity index (χ0n) is 21.5. The molecular formula is C25H40F3N3O2S2. The van der Waals surface area contributed by atoms with Gasteiger partial charge in [0.1, 0.15) is 16.5 Å². The van der Waals surface area contributed by atoms with Crippen LogP contribution in [0.3, 0.4) is 0 Å². The maximum atomic E-state index is 13.3. The Kier molecular flexibility index (Phi) is 11.9. The first-order valence-corrected chi connectivity index (χ1v) is 13.7. The summed E-state index contributed by atoms with van der Waals surface area (Å²) in [5, 5.41) is 3.77. The topological polar surface area (TPSA) is 45.8 Å². The Morgan fingerprint density at radius 3 is 2.17 bits per heavy atom. The Hall–Kier alpha value is -1.23. The van der Waals surface area contributed by atoms with Gasteiger partial charge in [-0.15, -0.1) is 0 Å². The molecule has 35 heavy (non-hydrogen) atoms. The number of hydrogen-bond donors (Lipinski definition) is 2. The van der Waals surface area contributed by atoms with E-state index in [0.29, 0.717) is 12.2 Å². The molecule has 200 valence electrons. The van der Waals surface area contributed by atoms with Gasteiger partial charge in [0, 0.05) is 0 Å². The molecule has 1 saturated heterocycles. The molecule has 2 atom stereocenters. The number of rotatable bonds is 14. The molecule has 0 spiro atoms. The number of alkyl halides is 3. The first-order valence-electron chi connectivity index (χ1n) is 12.4. The maximum absolute atomic E-state index is 13.3. The number of nitrogens with zero attached hydrogens (tertiary/aromatic N) is 1. The van der Waals surface area contributed by atoms with Crippen molar-refractivity contribution in [2.45, 2.75) is 90.1 Å². The predicted octanol–water partition coefficient (Wildman–Crippen LogP) is 7.30. The van der Waals surface area contributed by atoms with E-state index in [0.717, 1.165) is 25.0 Å². The number of halogens is 3. The van der Waals surface area contributed by atoms with Gasteiger partial charge in [0.25, 0.3) is 0 Å². The van der Waals surface area contributed by atoms with Gasteiger partial charge < -0.3 is 9.47 Å². The highest BCUT2D eigenvalue weighted by atomic mass is 32.2. The standard InChI is InChI=1S/C25H40F3N3O2S2/c1-6-8-9-10-11-12-13-14-24(3,7-2)23-29-17-31(35-23)30-22(34)21-19(32-4)15-18(25(26,27)28)16-20(21)33-5/h15-16,23,29H,6-14,17H2,1-5H3,(H,30,34). The van der Waals surface area contributed by atoms with Crippen LogP contribution in [0.1, 0.15) is 89.7 Å². The number of benzene rings is 1. The van der Waals surface area contributed by atoms with Crippen LogP contribution in [-0.4, -0.2) is 35.7 Å². The number of nitrogens with one attached hydrogen (secondary N) is 2. The van der Waals surface area contributed by atoms with Crippen LogP contribution >= 0.6 is 24.2 Å². The zero-order chi connectivity index (χ0) is 26.1. The number of ether oxygens (including phenoxy) is 2. The highest BCUT2D eigenvalue weighted by Gasteiger charge is 2.39. The summed E-state index contributed by atoms with van der Waals surface area (Å²) in [7, 11) is 2.64. The third-order valence-electron chi connectivity index (χ3n) is 6.73. The van der Waals surface area contributed by atoms with Crippen molar-refractivity contribution in [2.75, 3.05) is 20.9 Å². The van der Waals surface area contributed by atoms with E-state index in [9.17, 15) is 13.2 Å². The fourth-order valence-electron chi connectivity index (χ4n) is 4.25. The van der Waals surface area contributed by atoms with Crippen molar-refractivity contribution < 1.29 is 22.6 Å². The number of methoxy groups -OCH3 is 2. The van der Waals surface area contributed by atoms with Gasteiger partial charge in [-0.25, -0.2) is 0 Å². The molecule has 0 aromatic heterocycles. The van der Waals surface area contributed by atoms with Gasteiger partial charge in [0.15, 0.2) is 0 Å². The van der Waals surface area contributed by atoms with Gasteiger partial charge in [-0.1, -0.05) is 77.9 Å². The SMILES string of the molecule is CCCCCCCCCC(C)(CC)C1NCN(NC(=S)c2c(OC)cc(C(F)(F)F)cc2OC)S1. The fraction of sp³-hybridized carbons (Fsp3) is 0.720. The molecule has 5 nitrogen and oxygen atoms in total. The second kappa shape index (κ2) is 13.9. The molecule has 1 aromatic rings.